The van der Waals surface area contributed by atoms with Gasteiger partial charge in [-0.15, -0.1) is 0 Å². The van der Waals surface area contributed by atoms with Crippen LogP contribution in [-0.4, -0.2) is 60.4 Å². The third kappa shape index (κ3) is 3.24. The average Bonchev–Trinajstić information content (AvgIpc) is 2.60. The number of pyridine rings is 1. The second kappa shape index (κ2) is 7.43. The zero-order valence-electron chi connectivity index (χ0n) is 16.7. The third-order valence-electron chi connectivity index (χ3n) is 5.19. The number of carbonyl (C=O) groups is 1. The van der Waals surface area contributed by atoms with Crippen LogP contribution >= 0.6 is 0 Å². The van der Waals surface area contributed by atoms with Crippen LogP contribution in [0.4, 0.5) is 10.1 Å². The maximum atomic E-state index is 15.0. The molecule has 1 atom stereocenters. The Balaban J connectivity index is 0.00000140. The van der Waals surface area contributed by atoms with Gasteiger partial charge in [0, 0.05) is 32.4 Å². The van der Waals surface area contributed by atoms with Crippen LogP contribution in [0.15, 0.2) is 17.1 Å². The van der Waals surface area contributed by atoms with Crippen molar-refractivity contribution in [3.63, 3.8) is 0 Å². The summed E-state index contributed by atoms with van der Waals surface area (Å²) < 4.78 is 22.6. The second-order valence-corrected chi connectivity index (χ2v) is 6.97. The van der Waals surface area contributed by atoms with E-state index in [1.165, 1.54) is 6.20 Å². The van der Waals surface area contributed by atoms with Gasteiger partial charge in [0.25, 0.3) is 0 Å². The maximum absolute atomic E-state index is 15.0. The summed E-state index contributed by atoms with van der Waals surface area (Å²) in [5, 5.41) is 9.36. The minimum atomic E-state index is -1.32. The number of benzene rings is 1. The Bertz CT molecular complexity index is 976. The molecule has 3 heterocycles. The number of nitrogens with zero attached hydrogens (tertiary/aromatic N) is 3. The van der Waals surface area contributed by atoms with E-state index in [0.29, 0.717) is 30.0 Å². The van der Waals surface area contributed by atoms with E-state index < -0.39 is 17.2 Å². The van der Waals surface area contributed by atoms with Gasteiger partial charge in [0.1, 0.15) is 17.9 Å². The number of aromatic nitrogens is 1. The fourth-order valence-electron chi connectivity index (χ4n) is 3.69. The molecule has 0 radical (unpaired) electrons. The van der Waals surface area contributed by atoms with E-state index in [4.69, 9.17) is 4.74 Å². The first-order chi connectivity index (χ1) is 12.4. The molecule has 2 aromatic rings. The van der Waals surface area contributed by atoms with Crippen molar-refractivity contribution in [3.8, 4) is 5.75 Å². The number of hydrogen-bond donors (Lipinski definition) is 1. The van der Waals surface area contributed by atoms with Crippen molar-refractivity contribution >= 4 is 22.6 Å². The standard InChI is InChI=1S/C18H20FN3O4.Na.H/c1-10-9-26-17-14-11(16(23)12(18(24)25)8-22(10)14)7-13(19)15(17)21-5-3-20(2)4-6-21;;/h7-8,10H,3-6,9H2,1-2H3,(H,24,25);;/q;+1;-1. The second-order valence-electron chi connectivity index (χ2n) is 6.97. The van der Waals surface area contributed by atoms with Gasteiger partial charge in [-0.1, -0.05) is 0 Å². The molecular formula is C18H21FN3NaO4. The van der Waals surface area contributed by atoms with E-state index in [1.807, 2.05) is 18.9 Å². The molecule has 4 rings (SSSR count). The van der Waals surface area contributed by atoms with Gasteiger partial charge in [-0.05, 0) is 20.0 Å². The van der Waals surface area contributed by atoms with Crippen LogP contribution in [0.2, 0.25) is 0 Å². The number of carboxylic acids is 1. The Morgan fingerprint density at radius 1 is 1.33 bits per heavy atom. The van der Waals surface area contributed by atoms with Crippen molar-refractivity contribution in [3.05, 3.63) is 33.9 Å². The first-order valence-electron chi connectivity index (χ1n) is 8.59. The number of aromatic carboxylic acids is 1. The molecule has 0 spiro atoms. The van der Waals surface area contributed by atoms with Crippen molar-refractivity contribution in [2.75, 3.05) is 44.7 Å². The van der Waals surface area contributed by atoms with Gasteiger partial charge in [-0.3, -0.25) is 4.79 Å². The number of ether oxygens (including phenoxy) is 1. The minimum Gasteiger partial charge on any atom is -1.00 e. The zero-order valence-corrected chi connectivity index (χ0v) is 17.7. The van der Waals surface area contributed by atoms with Crippen LogP contribution in [0.1, 0.15) is 24.8 Å². The van der Waals surface area contributed by atoms with Gasteiger partial charge >= 0.3 is 35.5 Å². The molecule has 7 nitrogen and oxygen atoms in total. The predicted molar refractivity (Wildman–Crippen MR) is 96.2 cm³/mol. The van der Waals surface area contributed by atoms with Gasteiger partial charge in [0.05, 0.1) is 16.9 Å². The largest absolute Gasteiger partial charge is 1.00 e. The van der Waals surface area contributed by atoms with Crippen molar-refractivity contribution in [2.24, 2.45) is 0 Å². The first-order valence-corrected chi connectivity index (χ1v) is 8.59. The predicted octanol–water partition coefficient (Wildman–Crippen LogP) is -1.34. The molecule has 1 aromatic heterocycles. The summed E-state index contributed by atoms with van der Waals surface area (Å²) in [5.74, 6) is -1.54. The normalized spacial score (nSPS) is 19.5. The van der Waals surface area contributed by atoms with Gasteiger partial charge < -0.3 is 25.6 Å². The summed E-state index contributed by atoms with van der Waals surface area (Å²) in [6.45, 7) is 5.08. The fraction of sp³-hybridized carbons (Fsp3) is 0.444. The zero-order chi connectivity index (χ0) is 18.6. The van der Waals surface area contributed by atoms with E-state index >= 15 is 0 Å². The number of carboxylic acid groups (broad SMARTS) is 1. The van der Waals surface area contributed by atoms with Crippen molar-refractivity contribution in [2.45, 2.75) is 13.0 Å². The van der Waals surface area contributed by atoms with Crippen LogP contribution in [0.3, 0.4) is 0 Å². The molecular weight excluding hydrogens is 364 g/mol. The third-order valence-corrected chi connectivity index (χ3v) is 5.19. The number of hydrogen-bond acceptors (Lipinski definition) is 5. The van der Waals surface area contributed by atoms with E-state index in [2.05, 4.69) is 4.90 Å². The SMILES string of the molecule is CC1COc2c(N3CCN(C)CC3)c(F)cc3c(=O)c(C(=O)O)cn1c23.[H-].[Na+]. The molecule has 1 saturated heterocycles. The van der Waals surface area contributed by atoms with E-state index in [1.54, 1.807) is 4.57 Å². The Kier molecular flexibility index (Phi) is 5.54. The molecule has 1 fully saturated rings. The van der Waals surface area contributed by atoms with E-state index in [-0.39, 0.29) is 54.6 Å². The van der Waals surface area contributed by atoms with Crippen molar-refractivity contribution < 1.29 is 50.0 Å². The summed E-state index contributed by atoms with van der Waals surface area (Å²) in [4.78, 5) is 28.1. The molecule has 2 aliphatic heterocycles. The number of anilines is 1. The number of piperazine rings is 1. The Morgan fingerprint density at radius 2 is 2.00 bits per heavy atom. The molecule has 2 aliphatic rings. The number of likely N-dealkylation sites (N-methyl/N-ethyl adjacent to an activating group) is 1. The minimum absolute atomic E-state index is 0. The van der Waals surface area contributed by atoms with Gasteiger partial charge in [-0.2, -0.15) is 0 Å². The van der Waals surface area contributed by atoms with Gasteiger partial charge in [0.2, 0.25) is 5.43 Å². The molecule has 0 bridgehead atoms. The van der Waals surface area contributed by atoms with Crippen molar-refractivity contribution in [1.82, 2.24) is 9.47 Å². The van der Waals surface area contributed by atoms with E-state index in [9.17, 15) is 19.1 Å². The molecule has 0 aliphatic carbocycles. The van der Waals surface area contributed by atoms with Gasteiger partial charge in [0.15, 0.2) is 11.6 Å². The average molecular weight is 385 g/mol. The molecule has 9 heteroatoms. The molecule has 0 amide bonds. The molecule has 140 valence electrons. The molecule has 1 N–H and O–H groups in total. The number of halogens is 1. The summed E-state index contributed by atoms with van der Waals surface area (Å²) in [7, 11) is 2.02. The van der Waals surface area contributed by atoms with Crippen LogP contribution < -0.4 is 44.6 Å². The quantitative estimate of drug-likeness (QED) is 0.646. The van der Waals surface area contributed by atoms with Gasteiger partial charge in [-0.25, -0.2) is 9.18 Å². The van der Waals surface area contributed by atoms with Crippen LogP contribution in [0.25, 0.3) is 10.9 Å². The van der Waals surface area contributed by atoms with Crippen LogP contribution in [0.5, 0.6) is 5.75 Å². The molecule has 0 saturated carbocycles. The van der Waals surface area contributed by atoms with Crippen LogP contribution in [0, 0.1) is 5.82 Å². The summed E-state index contributed by atoms with van der Waals surface area (Å²) in [6.07, 6.45) is 1.34. The summed E-state index contributed by atoms with van der Waals surface area (Å²) in [6, 6.07) is 0.994. The Labute approximate surface area is 179 Å². The first kappa shape index (κ1) is 20.1. The van der Waals surface area contributed by atoms with Crippen molar-refractivity contribution in [1.29, 1.82) is 0 Å². The smallest absolute Gasteiger partial charge is 1.00 e. The molecule has 1 unspecified atom stereocenters. The fourth-order valence-corrected chi connectivity index (χ4v) is 3.69. The van der Waals surface area contributed by atoms with E-state index in [0.717, 1.165) is 19.2 Å². The maximum Gasteiger partial charge on any atom is 1.00 e. The summed E-state index contributed by atoms with van der Waals surface area (Å²) >= 11 is 0. The number of rotatable bonds is 2. The Morgan fingerprint density at radius 3 is 2.63 bits per heavy atom. The summed E-state index contributed by atoms with van der Waals surface area (Å²) in [5.41, 5.74) is -0.224. The topological polar surface area (TPSA) is 75.0 Å². The van der Waals surface area contributed by atoms with Crippen LogP contribution in [-0.2, 0) is 0 Å². The molecule has 27 heavy (non-hydrogen) atoms. The monoisotopic (exact) mass is 385 g/mol. The Hall–Kier alpha value is -1.61. The molecule has 1 aromatic carbocycles.